The van der Waals surface area contributed by atoms with E-state index in [9.17, 15) is 4.79 Å². The van der Waals surface area contributed by atoms with Crippen LogP contribution in [0.1, 0.15) is 10.6 Å². The molecule has 0 spiro atoms. The summed E-state index contributed by atoms with van der Waals surface area (Å²) in [5.41, 5.74) is 2.67. The summed E-state index contributed by atoms with van der Waals surface area (Å²) in [5.74, 6) is 0.0807. The number of hydrogen-bond acceptors (Lipinski definition) is 4. The lowest BCUT2D eigenvalue weighted by Crippen LogP contribution is -2.44. The Morgan fingerprint density at radius 1 is 0.897 bits per heavy atom. The number of carbonyl (C=O) groups is 1. The van der Waals surface area contributed by atoms with E-state index in [0.717, 1.165) is 53.6 Å². The van der Waals surface area contributed by atoms with Crippen LogP contribution in [0.4, 0.5) is 11.4 Å². The first kappa shape index (κ1) is 17.8. The van der Waals surface area contributed by atoms with Crippen molar-refractivity contribution in [1.82, 2.24) is 4.90 Å². The van der Waals surface area contributed by atoms with Crippen LogP contribution < -0.4 is 10.2 Å². The van der Waals surface area contributed by atoms with Crippen LogP contribution in [-0.2, 0) is 0 Å². The molecule has 5 rings (SSSR count). The highest BCUT2D eigenvalue weighted by Crippen LogP contribution is 2.28. The maximum absolute atomic E-state index is 12.7. The van der Waals surface area contributed by atoms with Crippen molar-refractivity contribution in [2.75, 3.05) is 43.4 Å². The SMILES string of the molecule is CN1CCN(c2ccc(NC(=O)c3cc4c(ccc5ccccc54)o3)cc2)CC1. The molecule has 29 heavy (non-hydrogen) atoms. The predicted molar refractivity (Wildman–Crippen MR) is 118 cm³/mol. The predicted octanol–water partition coefficient (Wildman–Crippen LogP) is 4.59. The Balaban J connectivity index is 1.34. The molecule has 1 aromatic heterocycles. The van der Waals surface area contributed by atoms with Crippen LogP contribution in [0, 0.1) is 0 Å². The van der Waals surface area contributed by atoms with E-state index in [2.05, 4.69) is 40.4 Å². The summed E-state index contributed by atoms with van der Waals surface area (Å²) in [6.07, 6.45) is 0. The van der Waals surface area contributed by atoms with Gasteiger partial charge in [-0.1, -0.05) is 30.3 Å². The number of likely N-dealkylation sites (N-methyl/N-ethyl adjacent to an activating group) is 1. The van der Waals surface area contributed by atoms with Crippen molar-refractivity contribution in [2.45, 2.75) is 0 Å². The van der Waals surface area contributed by atoms with Gasteiger partial charge in [-0.3, -0.25) is 4.79 Å². The maximum atomic E-state index is 12.7. The molecule has 0 bridgehead atoms. The molecule has 1 fully saturated rings. The van der Waals surface area contributed by atoms with Gasteiger partial charge >= 0.3 is 0 Å². The minimum Gasteiger partial charge on any atom is -0.451 e. The molecule has 0 unspecified atom stereocenters. The van der Waals surface area contributed by atoms with E-state index in [1.807, 2.05) is 48.5 Å². The molecule has 3 aromatic carbocycles. The average Bonchev–Trinajstić information content (AvgIpc) is 3.20. The fraction of sp³-hybridized carbons (Fsp3) is 0.208. The van der Waals surface area contributed by atoms with Gasteiger partial charge in [-0.2, -0.15) is 0 Å². The molecule has 1 amide bonds. The molecule has 0 radical (unpaired) electrons. The molecular formula is C24H23N3O2. The Hall–Kier alpha value is -3.31. The third kappa shape index (κ3) is 3.45. The second kappa shape index (κ2) is 7.26. The maximum Gasteiger partial charge on any atom is 0.291 e. The van der Waals surface area contributed by atoms with E-state index >= 15 is 0 Å². The summed E-state index contributed by atoms with van der Waals surface area (Å²) in [6, 6.07) is 21.9. The molecular weight excluding hydrogens is 362 g/mol. The minimum atomic E-state index is -0.238. The highest BCUT2D eigenvalue weighted by molar-refractivity contribution is 6.10. The quantitative estimate of drug-likeness (QED) is 0.560. The fourth-order valence-corrected chi connectivity index (χ4v) is 3.92. The standard InChI is InChI=1S/C24H23N3O2/c1-26-12-14-27(15-13-26)19-9-7-18(8-10-19)25-24(28)23-16-21-20-5-3-2-4-17(20)6-11-22(21)29-23/h2-11,16H,12-15H2,1H3,(H,25,28). The van der Waals surface area contributed by atoms with Crippen LogP contribution in [0.15, 0.2) is 71.1 Å². The minimum absolute atomic E-state index is 0.238. The number of hydrogen-bond donors (Lipinski definition) is 1. The van der Waals surface area contributed by atoms with E-state index in [1.165, 1.54) is 5.69 Å². The van der Waals surface area contributed by atoms with Crippen LogP contribution in [0.3, 0.4) is 0 Å². The van der Waals surface area contributed by atoms with Crippen molar-refractivity contribution in [1.29, 1.82) is 0 Å². The van der Waals surface area contributed by atoms with Gasteiger partial charge in [0.05, 0.1) is 0 Å². The number of carbonyl (C=O) groups excluding carboxylic acids is 1. The molecule has 0 atom stereocenters. The monoisotopic (exact) mass is 385 g/mol. The van der Waals surface area contributed by atoms with Crippen LogP contribution in [0.25, 0.3) is 21.7 Å². The summed E-state index contributed by atoms with van der Waals surface area (Å²) in [5, 5.41) is 6.12. The number of furan rings is 1. The molecule has 1 N–H and O–H groups in total. The number of fused-ring (bicyclic) bond motifs is 3. The third-order valence-electron chi connectivity index (χ3n) is 5.64. The van der Waals surface area contributed by atoms with Crippen molar-refractivity contribution in [3.05, 3.63) is 72.5 Å². The summed E-state index contributed by atoms with van der Waals surface area (Å²) in [7, 11) is 2.15. The Bertz CT molecular complexity index is 1170. The molecule has 2 heterocycles. The molecule has 1 saturated heterocycles. The normalized spacial score (nSPS) is 15.1. The van der Waals surface area contributed by atoms with Crippen molar-refractivity contribution < 1.29 is 9.21 Å². The Morgan fingerprint density at radius 2 is 1.66 bits per heavy atom. The first-order valence-corrected chi connectivity index (χ1v) is 9.93. The van der Waals surface area contributed by atoms with Gasteiger partial charge in [0, 0.05) is 42.9 Å². The number of nitrogens with one attached hydrogen (secondary N) is 1. The molecule has 0 aliphatic carbocycles. The zero-order valence-corrected chi connectivity index (χ0v) is 16.4. The zero-order chi connectivity index (χ0) is 19.8. The van der Waals surface area contributed by atoms with Gasteiger partial charge in [0.15, 0.2) is 5.76 Å². The summed E-state index contributed by atoms with van der Waals surface area (Å²) in [4.78, 5) is 17.4. The van der Waals surface area contributed by atoms with Crippen molar-refractivity contribution in [2.24, 2.45) is 0 Å². The molecule has 0 saturated carbocycles. The van der Waals surface area contributed by atoms with Crippen molar-refractivity contribution in [3.63, 3.8) is 0 Å². The van der Waals surface area contributed by atoms with E-state index < -0.39 is 0 Å². The van der Waals surface area contributed by atoms with E-state index in [0.29, 0.717) is 5.76 Å². The highest BCUT2D eigenvalue weighted by atomic mass is 16.3. The van der Waals surface area contributed by atoms with E-state index in [4.69, 9.17) is 4.42 Å². The largest absolute Gasteiger partial charge is 0.451 e. The number of nitrogens with zero attached hydrogens (tertiary/aromatic N) is 2. The molecule has 5 nitrogen and oxygen atoms in total. The Labute approximate surface area is 169 Å². The van der Waals surface area contributed by atoms with Crippen molar-refractivity contribution >= 4 is 39.0 Å². The third-order valence-corrected chi connectivity index (χ3v) is 5.64. The molecule has 5 heteroatoms. The van der Waals surface area contributed by atoms with Crippen LogP contribution in [-0.4, -0.2) is 44.0 Å². The second-order valence-electron chi connectivity index (χ2n) is 7.60. The summed E-state index contributed by atoms with van der Waals surface area (Å²) < 4.78 is 5.81. The van der Waals surface area contributed by atoms with Gasteiger partial charge in [0.2, 0.25) is 0 Å². The first-order valence-electron chi connectivity index (χ1n) is 9.93. The molecule has 4 aromatic rings. The van der Waals surface area contributed by atoms with Crippen LogP contribution in [0.5, 0.6) is 0 Å². The van der Waals surface area contributed by atoms with Gasteiger partial charge in [-0.05, 0) is 54.2 Å². The number of amides is 1. The number of anilines is 2. The van der Waals surface area contributed by atoms with E-state index in [-0.39, 0.29) is 5.91 Å². The Morgan fingerprint density at radius 3 is 2.45 bits per heavy atom. The smallest absolute Gasteiger partial charge is 0.291 e. The van der Waals surface area contributed by atoms with Crippen molar-refractivity contribution in [3.8, 4) is 0 Å². The van der Waals surface area contributed by atoms with Gasteiger partial charge in [0.25, 0.3) is 5.91 Å². The fourth-order valence-electron chi connectivity index (χ4n) is 3.92. The summed E-state index contributed by atoms with van der Waals surface area (Å²) in [6.45, 7) is 4.18. The number of benzene rings is 3. The second-order valence-corrected chi connectivity index (χ2v) is 7.60. The lowest BCUT2D eigenvalue weighted by molar-refractivity contribution is 0.0998. The lowest BCUT2D eigenvalue weighted by atomic mass is 10.1. The Kier molecular flexibility index (Phi) is 4.45. The lowest BCUT2D eigenvalue weighted by Gasteiger charge is -2.34. The molecule has 1 aliphatic rings. The van der Waals surface area contributed by atoms with Crippen LogP contribution in [0.2, 0.25) is 0 Å². The molecule has 146 valence electrons. The number of piperazine rings is 1. The van der Waals surface area contributed by atoms with Gasteiger partial charge in [0.1, 0.15) is 5.58 Å². The highest BCUT2D eigenvalue weighted by Gasteiger charge is 2.16. The average molecular weight is 385 g/mol. The topological polar surface area (TPSA) is 48.7 Å². The van der Waals surface area contributed by atoms with Gasteiger partial charge in [-0.15, -0.1) is 0 Å². The van der Waals surface area contributed by atoms with Crippen LogP contribution >= 0.6 is 0 Å². The van der Waals surface area contributed by atoms with Gasteiger partial charge in [-0.25, -0.2) is 0 Å². The molecule has 1 aliphatic heterocycles. The zero-order valence-electron chi connectivity index (χ0n) is 16.4. The first-order chi connectivity index (χ1) is 14.2. The van der Waals surface area contributed by atoms with E-state index in [1.54, 1.807) is 0 Å². The summed E-state index contributed by atoms with van der Waals surface area (Å²) >= 11 is 0. The van der Waals surface area contributed by atoms with Gasteiger partial charge < -0.3 is 19.5 Å². The number of rotatable bonds is 3.